The normalized spacial score (nSPS) is 37.9. The van der Waals surface area contributed by atoms with E-state index in [9.17, 15) is 5.11 Å². The van der Waals surface area contributed by atoms with Gasteiger partial charge in [0.1, 0.15) is 5.75 Å². The van der Waals surface area contributed by atoms with E-state index in [4.69, 9.17) is 10.3 Å². The molecule has 2 fully saturated rings. The lowest BCUT2D eigenvalue weighted by Gasteiger charge is -2.53. The number of benzene rings is 1. The lowest BCUT2D eigenvalue weighted by atomic mass is 9.53. The third-order valence-electron chi connectivity index (χ3n) is 7.94. The molecule has 1 aromatic rings. The van der Waals surface area contributed by atoms with Crippen LogP contribution < -0.4 is 4.74 Å². The lowest BCUT2D eigenvalue weighted by molar-refractivity contribution is -0.105. The summed E-state index contributed by atoms with van der Waals surface area (Å²) >= 11 is 0. The van der Waals surface area contributed by atoms with Gasteiger partial charge < -0.3 is 9.84 Å². The van der Waals surface area contributed by atoms with Crippen LogP contribution in [0.3, 0.4) is 0 Å². The van der Waals surface area contributed by atoms with Crippen LogP contribution in [0.4, 0.5) is 0 Å². The summed E-state index contributed by atoms with van der Waals surface area (Å²) in [6.45, 7) is 2.69. The molecular weight excluding hydrogens is 326 g/mol. The van der Waals surface area contributed by atoms with Crippen molar-refractivity contribution in [1.82, 2.24) is 0 Å². The molecule has 3 aliphatic rings. The number of aliphatic hydroxyl groups is 1. The van der Waals surface area contributed by atoms with Gasteiger partial charge in [-0.1, -0.05) is 18.1 Å². The largest absolute Gasteiger partial charge is 0.497 e. The van der Waals surface area contributed by atoms with Gasteiger partial charge in [0.05, 0.1) is 12.7 Å². The molecule has 5 heteroatoms. The lowest BCUT2D eigenvalue weighted by Crippen LogP contribution is -2.51. The zero-order valence-electron chi connectivity index (χ0n) is 15.8. The van der Waals surface area contributed by atoms with Gasteiger partial charge in [-0.15, -0.1) is 0 Å². The van der Waals surface area contributed by atoms with Crippen molar-refractivity contribution in [3.8, 4) is 5.75 Å². The number of azide groups is 1. The van der Waals surface area contributed by atoms with E-state index in [1.54, 1.807) is 7.11 Å². The summed E-state index contributed by atoms with van der Waals surface area (Å²) < 4.78 is 5.41. The monoisotopic (exact) mass is 355 g/mol. The number of fused-ring (bicyclic) bond motifs is 5. The summed E-state index contributed by atoms with van der Waals surface area (Å²) in [5.41, 5.74) is 10.8. The zero-order chi connectivity index (χ0) is 18.4. The number of ether oxygens (including phenoxy) is 1. The van der Waals surface area contributed by atoms with Crippen molar-refractivity contribution < 1.29 is 9.84 Å². The van der Waals surface area contributed by atoms with Crippen LogP contribution in [-0.4, -0.2) is 24.4 Å². The van der Waals surface area contributed by atoms with Gasteiger partial charge in [0.15, 0.2) is 0 Å². The molecule has 0 aliphatic heterocycles. The number of aryl methyl sites for hydroxylation is 1. The molecule has 0 aromatic heterocycles. The van der Waals surface area contributed by atoms with E-state index in [-0.39, 0.29) is 5.41 Å². The van der Waals surface area contributed by atoms with Crippen LogP contribution in [0.15, 0.2) is 23.3 Å². The van der Waals surface area contributed by atoms with Crippen LogP contribution in [0, 0.1) is 17.3 Å². The minimum atomic E-state index is -0.684. The van der Waals surface area contributed by atoms with Crippen LogP contribution >= 0.6 is 0 Å². The Morgan fingerprint density at radius 2 is 2.15 bits per heavy atom. The molecule has 5 unspecified atom stereocenters. The van der Waals surface area contributed by atoms with E-state index in [2.05, 4.69) is 35.1 Å². The second-order valence-electron chi connectivity index (χ2n) is 8.71. The number of rotatable bonds is 4. The molecule has 0 spiro atoms. The first-order valence-corrected chi connectivity index (χ1v) is 9.92. The van der Waals surface area contributed by atoms with Gasteiger partial charge in [-0.05, 0) is 96.9 Å². The molecule has 5 atom stereocenters. The summed E-state index contributed by atoms with van der Waals surface area (Å²) in [6.07, 6.45) is 7.03. The minimum Gasteiger partial charge on any atom is -0.497 e. The maximum Gasteiger partial charge on any atom is 0.119 e. The van der Waals surface area contributed by atoms with Crippen molar-refractivity contribution >= 4 is 0 Å². The first-order chi connectivity index (χ1) is 12.5. The Morgan fingerprint density at radius 3 is 2.92 bits per heavy atom. The molecule has 1 aromatic carbocycles. The van der Waals surface area contributed by atoms with Crippen molar-refractivity contribution in [2.45, 2.75) is 63.4 Å². The van der Waals surface area contributed by atoms with Gasteiger partial charge >= 0.3 is 0 Å². The number of methoxy groups -OCH3 is 1. The molecule has 1 N–H and O–H groups in total. The Labute approximate surface area is 155 Å². The topological polar surface area (TPSA) is 78.2 Å². The smallest absolute Gasteiger partial charge is 0.119 e. The number of nitrogens with zero attached hydrogens (tertiary/aromatic N) is 3. The van der Waals surface area contributed by atoms with E-state index < -0.39 is 5.60 Å². The first-order valence-electron chi connectivity index (χ1n) is 9.92. The van der Waals surface area contributed by atoms with Crippen molar-refractivity contribution in [2.24, 2.45) is 22.4 Å². The number of hydrogen-bond donors (Lipinski definition) is 1. The SMILES string of the molecule is COc1ccc2c(c1)CCC1C2CCC2(C)C1CCC2(O)CCN=[N+]=[N-]. The van der Waals surface area contributed by atoms with Gasteiger partial charge in [0.25, 0.3) is 0 Å². The molecule has 0 saturated heterocycles. The average Bonchev–Trinajstić information content (AvgIpc) is 2.92. The van der Waals surface area contributed by atoms with Crippen molar-refractivity contribution in [1.29, 1.82) is 0 Å². The molecule has 4 rings (SSSR count). The minimum absolute atomic E-state index is 0.0525. The fourth-order valence-electron chi connectivity index (χ4n) is 6.49. The maximum absolute atomic E-state index is 11.4. The van der Waals surface area contributed by atoms with Crippen LogP contribution in [0.2, 0.25) is 0 Å². The summed E-state index contributed by atoms with van der Waals surface area (Å²) in [5.74, 6) is 2.79. The van der Waals surface area contributed by atoms with E-state index in [1.807, 2.05) is 0 Å². The van der Waals surface area contributed by atoms with Crippen molar-refractivity contribution in [3.05, 3.63) is 39.8 Å². The summed E-state index contributed by atoms with van der Waals surface area (Å²) in [5, 5.41) is 15.1. The first kappa shape index (κ1) is 17.7. The number of hydrogen-bond acceptors (Lipinski definition) is 3. The molecule has 0 bridgehead atoms. The quantitative estimate of drug-likeness (QED) is 0.469. The highest BCUT2D eigenvalue weighted by molar-refractivity contribution is 5.40. The molecule has 0 radical (unpaired) electrons. The van der Waals surface area contributed by atoms with Gasteiger partial charge in [0.2, 0.25) is 0 Å². The predicted molar refractivity (Wildman–Crippen MR) is 101 cm³/mol. The van der Waals surface area contributed by atoms with Crippen LogP contribution in [-0.2, 0) is 6.42 Å². The van der Waals surface area contributed by atoms with Gasteiger partial charge in [0, 0.05) is 11.5 Å². The summed E-state index contributed by atoms with van der Waals surface area (Å²) in [4.78, 5) is 2.86. The summed E-state index contributed by atoms with van der Waals surface area (Å²) in [7, 11) is 1.73. The molecule has 5 nitrogen and oxygen atoms in total. The Bertz CT molecular complexity index is 745. The highest BCUT2D eigenvalue weighted by Crippen LogP contribution is 2.65. The molecule has 2 saturated carbocycles. The molecule has 0 heterocycles. The Kier molecular flexibility index (Phi) is 4.40. The van der Waals surface area contributed by atoms with Crippen LogP contribution in [0.5, 0.6) is 5.75 Å². The second-order valence-corrected chi connectivity index (χ2v) is 8.71. The fraction of sp³-hybridized carbons (Fsp3) is 0.714. The Hall–Kier alpha value is -1.71. The van der Waals surface area contributed by atoms with Crippen molar-refractivity contribution in [3.63, 3.8) is 0 Å². The van der Waals surface area contributed by atoms with E-state index in [0.29, 0.717) is 30.7 Å². The molecule has 3 aliphatic carbocycles. The maximum atomic E-state index is 11.4. The van der Waals surface area contributed by atoms with E-state index in [0.717, 1.165) is 37.9 Å². The van der Waals surface area contributed by atoms with E-state index >= 15 is 0 Å². The van der Waals surface area contributed by atoms with Gasteiger partial charge in [-0.3, -0.25) is 0 Å². The standard InChI is InChI=1S/C21H29N3O2/c1-20-9-7-17-16-6-4-15(26-2)13-14(16)3-5-18(17)19(20)8-10-21(20,25)11-12-23-24-22/h4,6,13,17-19,25H,3,5,7-12H2,1-2H3. The van der Waals surface area contributed by atoms with Gasteiger partial charge in [-0.2, -0.15) is 0 Å². The third-order valence-corrected chi connectivity index (χ3v) is 7.94. The molecule has 0 amide bonds. The van der Waals surface area contributed by atoms with E-state index in [1.165, 1.54) is 17.5 Å². The molecular formula is C21H29N3O2. The third kappa shape index (κ3) is 2.52. The Morgan fingerprint density at radius 1 is 1.31 bits per heavy atom. The Balaban J connectivity index is 1.60. The zero-order valence-corrected chi connectivity index (χ0v) is 15.8. The highest BCUT2D eigenvalue weighted by atomic mass is 16.5. The highest BCUT2D eigenvalue weighted by Gasteiger charge is 2.60. The van der Waals surface area contributed by atoms with Gasteiger partial charge in [-0.25, -0.2) is 0 Å². The van der Waals surface area contributed by atoms with Crippen molar-refractivity contribution in [2.75, 3.05) is 13.7 Å². The predicted octanol–water partition coefficient (Wildman–Crippen LogP) is 4.98. The molecule has 140 valence electrons. The molecule has 26 heavy (non-hydrogen) atoms. The fourth-order valence-corrected chi connectivity index (χ4v) is 6.49. The summed E-state index contributed by atoms with van der Waals surface area (Å²) in [6, 6.07) is 6.58. The van der Waals surface area contributed by atoms with Crippen LogP contribution in [0.25, 0.3) is 10.4 Å². The van der Waals surface area contributed by atoms with Crippen LogP contribution in [0.1, 0.15) is 62.5 Å². The second kappa shape index (κ2) is 6.47. The average molecular weight is 355 g/mol.